The van der Waals surface area contributed by atoms with E-state index >= 15 is 0 Å². The number of thiophene rings is 1. The van der Waals surface area contributed by atoms with Crippen LogP contribution in [0.2, 0.25) is 0 Å². The van der Waals surface area contributed by atoms with Gasteiger partial charge < -0.3 is 14.8 Å². The third-order valence-corrected chi connectivity index (χ3v) is 5.92. The molecule has 0 aliphatic carbocycles. The number of fused-ring (bicyclic) bond motifs is 1. The molecule has 2 aromatic heterocycles. The lowest BCUT2D eigenvalue weighted by molar-refractivity contribution is 0.415. The predicted molar refractivity (Wildman–Crippen MR) is 111 cm³/mol. The van der Waals surface area contributed by atoms with E-state index in [1.807, 2.05) is 42.5 Å². The Kier molecular flexibility index (Phi) is 4.46. The average Bonchev–Trinajstić information content (AvgIpc) is 3.07. The number of rotatable bonds is 4. The molecule has 0 unspecified atom stereocenters. The molecule has 0 amide bonds. The standard InChI is InChI=1S/C22H19NO3S/c1-3-16-17(13-9-5-4-6-10-13)19-20(24)18(21(25)23-22(19)27-16)14-11-7-8-12-15(14)26-2/h4-12H,3H2,1-2H3,(H2,23,24,25). The van der Waals surface area contributed by atoms with Crippen LogP contribution in [0.15, 0.2) is 59.4 Å². The molecule has 136 valence electrons. The molecule has 0 aliphatic rings. The Hall–Kier alpha value is -3.05. The zero-order valence-corrected chi connectivity index (χ0v) is 15.9. The van der Waals surface area contributed by atoms with Crippen molar-refractivity contribution in [3.63, 3.8) is 0 Å². The maximum absolute atomic E-state index is 12.8. The van der Waals surface area contributed by atoms with Gasteiger partial charge in [0.2, 0.25) is 0 Å². The van der Waals surface area contributed by atoms with Crippen molar-refractivity contribution in [3.8, 4) is 33.8 Å². The van der Waals surface area contributed by atoms with E-state index in [2.05, 4.69) is 11.9 Å². The van der Waals surface area contributed by atoms with Gasteiger partial charge in [-0.05, 0) is 18.1 Å². The molecule has 27 heavy (non-hydrogen) atoms. The fourth-order valence-corrected chi connectivity index (χ4v) is 4.61. The minimum Gasteiger partial charge on any atom is -0.506 e. The van der Waals surface area contributed by atoms with Gasteiger partial charge in [-0.2, -0.15) is 0 Å². The number of para-hydroxylation sites is 1. The lowest BCUT2D eigenvalue weighted by Gasteiger charge is -2.11. The third-order valence-electron chi connectivity index (χ3n) is 4.67. The maximum atomic E-state index is 12.8. The number of aryl methyl sites for hydroxylation is 1. The number of hydrogen-bond donors (Lipinski definition) is 2. The van der Waals surface area contributed by atoms with Gasteiger partial charge in [0.15, 0.2) is 0 Å². The fraction of sp³-hybridized carbons (Fsp3) is 0.136. The molecule has 2 N–H and O–H groups in total. The van der Waals surface area contributed by atoms with Gasteiger partial charge in [-0.3, -0.25) is 4.79 Å². The van der Waals surface area contributed by atoms with Gasteiger partial charge in [-0.1, -0.05) is 55.5 Å². The normalized spacial score (nSPS) is 11.0. The summed E-state index contributed by atoms with van der Waals surface area (Å²) in [6.45, 7) is 2.08. The van der Waals surface area contributed by atoms with Crippen molar-refractivity contribution in [1.82, 2.24) is 4.98 Å². The van der Waals surface area contributed by atoms with Crippen LogP contribution in [0.25, 0.3) is 32.5 Å². The van der Waals surface area contributed by atoms with Gasteiger partial charge >= 0.3 is 0 Å². The van der Waals surface area contributed by atoms with Gasteiger partial charge in [0, 0.05) is 16.0 Å². The molecule has 0 atom stereocenters. The Morgan fingerprint density at radius 1 is 1.04 bits per heavy atom. The molecule has 0 fully saturated rings. The first kappa shape index (κ1) is 17.4. The minimum atomic E-state index is -0.326. The van der Waals surface area contributed by atoms with E-state index in [1.165, 1.54) is 11.3 Å². The van der Waals surface area contributed by atoms with Gasteiger partial charge in [0.25, 0.3) is 5.56 Å². The van der Waals surface area contributed by atoms with Crippen molar-refractivity contribution in [1.29, 1.82) is 0 Å². The monoisotopic (exact) mass is 377 g/mol. The van der Waals surface area contributed by atoms with E-state index in [4.69, 9.17) is 4.74 Å². The molecular weight excluding hydrogens is 358 g/mol. The summed E-state index contributed by atoms with van der Waals surface area (Å²) in [5, 5.41) is 11.9. The summed E-state index contributed by atoms with van der Waals surface area (Å²) < 4.78 is 5.40. The predicted octanol–water partition coefficient (Wildman–Crippen LogP) is 5.20. The molecule has 4 rings (SSSR count). The first-order valence-electron chi connectivity index (χ1n) is 8.75. The first-order valence-corrected chi connectivity index (χ1v) is 9.56. The van der Waals surface area contributed by atoms with Crippen LogP contribution in [-0.4, -0.2) is 17.2 Å². The van der Waals surface area contributed by atoms with E-state index in [-0.39, 0.29) is 16.9 Å². The second kappa shape index (κ2) is 6.93. The summed E-state index contributed by atoms with van der Waals surface area (Å²) in [5.74, 6) is 0.540. The summed E-state index contributed by atoms with van der Waals surface area (Å²) >= 11 is 1.51. The summed E-state index contributed by atoms with van der Waals surface area (Å²) in [4.78, 5) is 17.6. The smallest absolute Gasteiger partial charge is 0.260 e. The lowest BCUT2D eigenvalue weighted by atomic mass is 9.98. The Morgan fingerprint density at radius 3 is 2.44 bits per heavy atom. The number of nitrogens with one attached hydrogen (secondary N) is 1. The van der Waals surface area contributed by atoms with Crippen molar-refractivity contribution in [2.24, 2.45) is 0 Å². The highest BCUT2D eigenvalue weighted by molar-refractivity contribution is 7.19. The van der Waals surface area contributed by atoms with Crippen LogP contribution in [0.3, 0.4) is 0 Å². The molecule has 0 saturated carbocycles. The Morgan fingerprint density at radius 2 is 1.74 bits per heavy atom. The second-order valence-electron chi connectivity index (χ2n) is 6.20. The number of hydrogen-bond acceptors (Lipinski definition) is 4. The first-order chi connectivity index (χ1) is 13.2. The number of benzene rings is 2. The Labute approximate surface area is 160 Å². The molecule has 4 nitrogen and oxygen atoms in total. The Bertz CT molecular complexity index is 1180. The van der Waals surface area contributed by atoms with E-state index in [0.717, 1.165) is 22.4 Å². The number of aromatic nitrogens is 1. The zero-order valence-electron chi connectivity index (χ0n) is 15.1. The van der Waals surface area contributed by atoms with Crippen molar-refractivity contribution in [3.05, 3.63) is 69.8 Å². The molecule has 4 aromatic rings. The zero-order chi connectivity index (χ0) is 19.0. The molecule has 2 aromatic carbocycles. The quantitative estimate of drug-likeness (QED) is 0.514. The van der Waals surface area contributed by atoms with E-state index in [9.17, 15) is 9.90 Å². The third kappa shape index (κ3) is 2.80. The summed E-state index contributed by atoms with van der Waals surface area (Å²) in [7, 11) is 1.55. The second-order valence-corrected chi connectivity index (χ2v) is 7.31. The van der Waals surface area contributed by atoms with Crippen molar-refractivity contribution >= 4 is 21.6 Å². The van der Waals surface area contributed by atoms with E-state index in [1.54, 1.807) is 19.2 Å². The van der Waals surface area contributed by atoms with Crippen molar-refractivity contribution in [2.75, 3.05) is 7.11 Å². The molecule has 5 heteroatoms. The number of aromatic amines is 1. The minimum absolute atomic E-state index is 0.00643. The number of pyridine rings is 1. The van der Waals surface area contributed by atoms with Crippen LogP contribution in [0.5, 0.6) is 11.5 Å². The van der Waals surface area contributed by atoms with Crippen LogP contribution >= 0.6 is 11.3 Å². The molecule has 0 bridgehead atoms. The summed E-state index contributed by atoms with van der Waals surface area (Å²) in [5.41, 5.74) is 2.48. The van der Waals surface area contributed by atoms with Crippen LogP contribution < -0.4 is 10.3 Å². The molecule has 2 heterocycles. The van der Waals surface area contributed by atoms with Gasteiger partial charge in [0.1, 0.15) is 16.3 Å². The van der Waals surface area contributed by atoms with Crippen LogP contribution in [0, 0.1) is 0 Å². The van der Waals surface area contributed by atoms with Crippen LogP contribution in [0.4, 0.5) is 0 Å². The van der Waals surface area contributed by atoms with E-state index < -0.39 is 0 Å². The SMILES string of the molecule is CCc1sc2[nH]c(=O)c(-c3ccccc3OC)c(O)c2c1-c1ccccc1. The number of methoxy groups -OCH3 is 1. The summed E-state index contributed by atoms with van der Waals surface area (Å²) in [6.07, 6.45) is 0.815. The average molecular weight is 377 g/mol. The number of ether oxygens (including phenoxy) is 1. The fourth-order valence-electron chi connectivity index (χ4n) is 3.45. The molecule has 0 saturated heterocycles. The number of H-pyrrole nitrogens is 1. The molecule has 0 aliphatic heterocycles. The summed E-state index contributed by atoms with van der Waals surface area (Å²) in [6, 6.07) is 17.2. The lowest BCUT2D eigenvalue weighted by Crippen LogP contribution is -2.09. The maximum Gasteiger partial charge on any atom is 0.260 e. The molecule has 0 radical (unpaired) electrons. The van der Waals surface area contributed by atoms with Crippen LogP contribution in [-0.2, 0) is 6.42 Å². The largest absolute Gasteiger partial charge is 0.506 e. The van der Waals surface area contributed by atoms with E-state index in [0.29, 0.717) is 21.5 Å². The highest BCUT2D eigenvalue weighted by Crippen LogP contribution is 2.45. The highest BCUT2D eigenvalue weighted by Gasteiger charge is 2.23. The van der Waals surface area contributed by atoms with Gasteiger partial charge in [-0.15, -0.1) is 11.3 Å². The van der Waals surface area contributed by atoms with Crippen molar-refractivity contribution in [2.45, 2.75) is 13.3 Å². The number of aromatic hydroxyl groups is 1. The van der Waals surface area contributed by atoms with Crippen molar-refractivity contribution < 1.29 is 9.84 Å². The van der Waals surface area contributed by atoms with Gasteiger partial charge in [0.05, 0.1) is 18.1 Å². The molecule has 0 spiro atoms. The Balaban J connectivity index is 2.11. The highest BCUT2D eigenvalue weighted by atomic mass is 32.1. The van der Waals surface area contributed by atoms with Crippen LogP contribution in [0.1, 0.15) is 11.8 Å². The topological polar surface area (TPSA) is 62.3 Å². The molecular formula is C22H19NO3S. The van der Waals surface area contributed by atoms with Gasteiger partial charge in [-0.25, -0.2) is 0 Å².